The van der Waals surface area contributed by atoms with Crippen molar-refractivity contribution in [3.05, 3.63) is 57.0 Å². The van der Waals surface area contributed by atoms with E-state index >= 15 is 0 Å². The molecule has 3 aromatic rings. The lowest BCUT2D eigenvalue weighted by Gasteiger charge is -2.18. The van der Waals surface area contributed by atoms with E-state index in [1.54, 1.807) is 11.3 Å². The van der Waals surface area contributed by atoms with Crippen molar-refractivity contribution < 1.29 is 4.79 Å². The predicted octanol–water partition coefficient (Wildman–Crippen LogP) is 3.84. The average Bonchev–Trinajstić information content (AvgIpc) is 3.18. The molecule has 0 aliphatic heterocycles. The second-order valence-electron chi connectivity index (χ2n) is 6.78. The Balaban J connectivity index is 1.71. The Hall–Kier alpha value is -2.47. The number of carbonyl (C=O) groups excluding carboxylic acids is 1. The number of aromatic nitrogens is 2. The molecule has 1 unspecified atom stereocenters. The van der Waals surface area contributed by atoms with E-state index in [2.05, 4.69) is 10.3 Å². The smallest absolute Gasteiger partial charge is 0.263 e. The predicted molar refractivity (Wildman–Crippen MR) is 105 cm³/mol. The Morgan fingerprint density at radius 1 is 1.38 bits per heavy atom. The molecule has 0 bridgehead atoms. The third-order valence-corrected chi connectivity index (χ3v) is 6.16. The number of rotatable bonds is 4. The molecule has 4 rings (SSSR count). The number of nitrogens with one attached hydrogen (secondary N) is 1. The molecule has 0 spiro atoms. The van der Waals surface area contributed by atoms with Gasteiger partial charge in [-0.2, -0.15) is 0 Å². The molecule has 1 aliphatic rings. The zero-order valence-corrected chi connectivity index (χ0v) is 15.7. The van der Waals surface area contributed by atoms with Crippen LogP contribution in [0.3, 0.4) is 0 Å². The summed E-state index contributed by atoms with van der Waals surface area (Å²) in [6, 6.07) is 7.08. The molecule has 6 heteroatoms. The number of fused-ring (bicyclic) bond motifs is 3. The Morgan fingerprint density at radius 3 is 3.00 bits per heavy atom. The van der Waals surface area contributed by atoms with E-state index in [0.717, 1.165) is 40.9 Å². The molecular formula is C20H21N3O2S. The highest BCUT2D eigenvalue weighted by molar-refractivity contribution is 7.18. The van der Waals surface area contributed by atoms with Crippen LogP contribution in [0.4, 0.5) is 5.69 Å². The number of anilines is 1. The van der Waals surface area contributed by atoms with Gasteiger partial charge in [0.05, 0.1) is 11.7 Å². The summed E-state index contributed by atoms with van der Waals surface area (Å²) in [5, 5.41) is 3.64. The van der Waals surface area contributed by atoms with Crippen LogP contribution >= 0.6 is 11.3 Å². The van der Waals surface area contributed by atoms with Crippen molar-refractivity contribution in [3.8, 4) is 0 Å². The zero-order valence-electron chi connectivity index (χ0n) is 14.9. The van der Waals surface area contributed by atoms with E-state index in [1.807, 2.05) is 38.1 Å². The van der Waals surface area contributed by atoms with Crippen LogP contribution in [0.5, 0.6) is 0 Å². The van der Waals surface area contributed by atoms with Crippen molar-refractivity contribution in [1.29, 1.82) is 0 Å². The first-order valence-electron chi connectivity index (χ1n) is 8.97. The summed E-state index contributed by atoms with van der Waals surface area (Å²) in [6.07, 6.45) is 5.11. The molecule has 1 atom stereocenters. The number of nitrogens with zero attached hydrogens (tertiary/aromatic N) is 2. The van der Waals surface area contributed by atoms with Gasteiger partial charge in [-0.3, -0.25) is 14.2 Å². The van der Waals surface area contributed by atoms with Crippen molar-refractivity contribution in [1.82, 2.24) is 9.55 Å². The highest BCUT2D eigenvalue weighted by Gasteiger charge is 2.25. The molecule has 134 valence electrons. The largest absolute Gasteiger partial charge is 0.324 e. The van der Waals surface area contributed by atoms with Crippen LogP contribution < -0.4 is 10.9 Å². The third kappa shape index (κ3) is 2.84. The molecule has 0 fully saturated rings. The SMILES string of the molecule is CCC(C(=O)Nc1cccc(C)c1)n1cnc2sc3c(c2c1=O)CCC3. The minimum atomic E-state index is -0.572. The highest BCUT2D eigenvalue weighted by atomic mass is 32.1. The van der Waals surface area contributed by atoms with Crippen LogP contribution in [0.1, 0.15) is 41.8 Å². The molecule has 1 aliphatic carbocycles. The van der Waals surface area contributed by atoms with Gasteiger partial charge < -0.3 is 5.32 Å². The highest BCUT2D eigenvalue weighted by Crippen LogP contribution is 2.34. The van der Waals surface area contributed by atoms with Crippen molar-refractivity contribution in [3.63, 3.8) is 0 Å². The maximum absolute atomic E-state index is 13.1. The van der Waals surface area contributed by atoms with Gasteiger partial charge in [0.25, 0.3) is 5.56 Å². The number of thiophene rings is 1. The number of aryl methyl sites for hydroxylation is 3. The number of benzene rings is 1. The summed E-state index contributed by atoms with van der Waals surface area (Å²) in [5.41, 5.74) is 2.86. The summed E-state index contributed by atoms with van der Waals surface area (Å²) < 4.78 is 1.50. The molecule has 0 radical (unpaired) electrons. The molecule has 5 nitrogen and oxygen atoms in total. The van der Waals surface area contributed by atoms with Crippen LogP contribution in [-0.4, -0.2) is 15.5 Å². The Kier molecular flexibility index (Phi) is 4.36. The van der Waals surface area contributed by atoms with Crippen LogP contribution in [0.2, 0.25) is 0 Å². The summed E-state index contributed by atoms with van der Waals surface area (Å²) in [5.74, 6) is -0.187. The van der Waals surface area contributed by atoms with Crippen molar-refractivity contribution >= 4 is 33.1 Å². The van der Waals surface area contributed by atoms with E-state index < -0.39 is 6.04 Å². The van der Waals surface area contributed by atoms with Gasteiger partial charge in [-0.15, -0.1) is 11.3 Å². The first-order chi connectivity index (χ1) is 12.6. The van der Waals surface area contributed by atoms with Gasteiger partial charge in [0.1, 0.15) is 10.9 Å². The van der Waals surface area contributed by atoms with E-state index in [9.17, 15) is 9.59 Å². The summed E-state index contributed by atoms with van der Waals surface area (Å²) in [6.45, 7) is 3.89. The summed E-state index contributed by atoms with van der Waals surface area (Å²) in [7, 11) is 0. The van der Waals surface area contributed by atoms with E-state index in [4.69, 9.17) is 0 Å². The fourth-order valence-corrected chi connectivity index (χ4v) is 4.90. The lowest BCUT2D eigenvalue weighted by Crippen LogP contribution is -2.33. The average molecular weight is 367 g/mol. The quantitative estimate of drug-likeness (QED) is 0.762. The van der Waals surface area contributed by atoms with Gasteiger partial charge in [-0.25, -0.2) is 4.98 Å². The number of hydrogen-bond acceptors (Lipinski definition) is 4. The third-order valence-electron chi connectivity index (χ3n) is 4.96. The van der Waals surface area contributed by atoms with Gasteiger partial charge in [0.15, 0.2) is 0 Å². The van der Waals surface area contributed by atoms with Gasteiger partial charge in [-0.1, -0.05) is 19.1 Å². The Morgan fingerprint density at radius 2 is 2.23 bits per heavy atom. The van der Waals surface area contributed by atoms with Gasteiger partial charge in [0, 0.05) is 10.6 Å². The lowest BCUT2D eigenvalue weighted by atomic mass is 10.1. The first-order valence-corrected chi connectivity index (χ1v) is 9.79. The molecule has 0 saturated carbocycles. The van der Waals surface area contributed by atoms with Crippen LogP contribution in [0.25, 0.3) is 10.2 Å². The zero-order chi connectivity index (χ0) is 18.3. The Labute approximate surface area is 155 Å². The first kappa shape index (κ1) is 17.0. The van der Waals surface area contributed by atoms with Gasteiger partial charge in [-0.05, 0) is 55.9 Å². The number of carbonyl (C=O) groups is 1. The fourth-order valence-electron chi connectivity index (χ4n) is 3.68. The van der Waals surface area contributed by atoms with Gasteiger partial charge >= 0.3 is 0 Å². The second kappa shape index (κ2) is 6.68. The van der Waals surface area contributed by atoms with Gasteiger partial charge in [0.2, 0.25) is 5.91 Å². The van der Waals surface area contributed by atoms with Crippen LogP contribution in [-0.2, 0) is 17.6 Å². The molecule has 1 aromatic carbocycles. The number of amides is 1. The standard InChI is InChI=1S/C20H21N3O2S/c1-3-15(18(24)22-13-7-4-6-12(2)10-13)23-11-21-19-17(20(23)25)14-8-5-9-16(14)26-19/h4,6-7,10-11,15H,3,5,8-9H2,1-2H3,(H,22,24). The minimum absolute atomic E-state index is 0.0966. The topological polar surface area (TPSA) is 64.0 Å². The molecular weight excluding hydrogens is 346 g/mol. The van der Waals surface area contributed by atoms with Crippen molar-refractivity contribution in [2.75, 3.05) is 5.32 Å². The second-order valence-corrected chi connectivity index (χ2v) is 7.86. The summed E-state index contributed by atoms with van der Waals surface area (Å²) >= 11 is 1.62. The number of hydrogen-bond donors (Lipinski definition) is 1. The molecule has 26 heavy (non-hydrogen) atoms. The Bertz CT molecular complexity index is 1050. The van der Waals surface area contributed by atoms with E-state index in [0.29, 0.717) is 11.8 Å². The maximum Gasteiger partial charge on any atom is 0.263 e. The molecule has 1 amide bonds. The molecule has 2 aromatic heterocycles. The van der Waals surface area contributed by atoms with Crippen molar-refractivity contribution in [2.24, 2.45) is 0 Å². The maximum atomic E-state index is 13.1. The van der Waals surface area contributed by atoms with E-state index in [1.165, 1.54) is 15.8 Å². The molecule has 2 heterocycles. The van der Waals surface area contributed by atoms with Crippen LogP contribution in [0, 0.1) is 6.92 Å². The minimum Gasteiger partial charge on any atom is -0.324 e. The van der Waals surface area contributed by atoms with Crippen molar-refractivity contribution in [2.45, 2.75) is 45.6 Å². The summed E-state index contributed by atoms with van der Waals surface area (Å²) in [4.78, 5) is 32.5. The lowest BCUT2D eigenvalue weighted by molar-refractivity contribution is -0.119. The normalized spacial score (nSPS) is 14.4. The van der Waals surface area contributed by atoms with E-state index in [-0.39, 0.29) is 11.5 Å². The molecule has 1 N–H and O–H groups in total. The monoisotopic (exact) mass is 367 g/mol. The fraction of sp³-hybridized carbons (Fsp3) is 0.350. The van der Waals surface area contributed by atoms with Crippen LogP contribution in [0.15, 0.2) is 35.4 Å². The molecule has 0 saturated heterocycles.